The molecule has 0 aliphatic carbocycles. The number of H-pyrrole nitrogens is 1. The summed E-state index contributed by atoms with van der Waals surface area (Å²) < 4.78 is 5.85. The predicted molar refractivity (Wildman–Crippen MR) is 158 cm³/mol. The predicted octanol–water partition coefficient (Wildman–Crippen LogP) is 6.87. The normalized spacial score (nSPS) is 17.8. The molecule has 0 saturated carbocycles. The zero-order valence-corrected chi connectivity index (χ0v) is 24.3. The number of likely N-dealkylation sites (tertiary alicyclic amines) is 1. The van der Waals surface area contributed by atoms with Gasteiger partial charge in [0.2, 0.25) is 0 Å². The van der Waals surface area contributed by atoms with Crippen molar-refractivity contribution in [2.24, 2.45) is 0 Å². The van der Waals surface area contributed by atoms with Crippen LogP contribution in [0.15, 0.2) is 48.9 Å². The highest BCUT2D eigenvalue weighted by Gasteiger charge is 2.36. The molecule has 0 unspecified atom stereocenters. The molecule has 0 bridgehead atoms. The Morgan fingerprint density at radius 2 is 1.95 bits per heavy atom. The van der Waals surface area contributed by atoms with E-state index in [1.807, 2.05) is 51.2 Å². The topological polar surface area (TPSA) is 74.4 Å². The lowest BCUT2D eigenvalue weighted by atomic mass is 9.86. The van der Waals surface area contributed by atoms with Gasteiger partial charge in [-0.25, -0.2) is 9.78 Å². The van der Waals surface area contributed by atoms with E-state index in [0.29, 0.717) is 6.54 Å². The maximum atomic E-state index is 13.3. The van der Waals surface area contributed by atoms with Gasteiger partial charge in [0, 0.05) is 61.4 Å². The third-order valence-electron chi connectivity index (χ3n) is 8.13. The molecule has 40 heavy (non-hydrogen) atoms. The van der Waals surface area contributed by atoms with Crippen LogP contribution >= 0.6 is 0 Å². The molecule has 2 aliphatic heterocycles. The van der Waals surface area contributed by atoms with E-state index < -0.39 is 5.60 Å². The zero-order valence-electron chi connectivity index (χ0n) is 24.3. The first-order chi connectivity index (χ1) is 19.1. The number of rotatable bonds is 4. The van der Waals surface area contributed by atoms with Crippen LogP contribution in [0.3, 0.4) is 0 Å². The summed E-state index contributed by atoms with van der Waals surface area (Å²) in [5, 5.41) is 1.15. The smallest absolute Gasteiger partial charge is 0.410 e. The minimum atomic E-state index is -0.527. The highest BCUT2D eigenvalue weighted by atomic mass is 16.6. The van der Waals surface area contributed by atoms with Crippen molar-refractivity contribution in [3.8, 4) is 11.1 Å². The lowest BCUT2D eigenvalue weighted by Gasteiger charge is -2.35. The van der Waals surface area contributed by atoms with Gasteiger partial charge in [0.15, 0.2) is 0 Å². The fraction of sp³-hybridized carbons (Fsp3) is 0.424. The number of carbonyl (C=O) groups is 1. The van der Waals surface area contributed by atoms with E-state index >= 15 is 0 Å². The van der Waals surface area contributed by atoms with Gasteiger partial charge in [-0.15, -0.1) is 0 Å². The number of amides is 1. The standard InChI is InChI=1S/C33H39N5O2/c1-21-17-35-31-27(21)16-26(18-36-31)25-14-24-9-12-37(19-23-8-10-34-22(2)13-23)20-29(24)28(15-25)30-7-6-11-38(30)32(39)40-33(3,4)5/h8,10,13-18,30H,6-7,9,11-12,19-20H2,1-5H3,(H,35,36)/t30-/m0/s1. The highest BCUT2D eigenvalue weighted by molar-refractivity contribution is 5.84. The van der Waals surface area contributed by atoms with Crippen LogP contribution < -0.4 is 0 Å². The molecule has 208 valence electrons. The summed E-state index contributed by atoms with van der Waals surface area (Å²) in [6, 6.07) is 11.2. The summed E-state index contributed by atoms with van der Waals surface area (Å²) >= 11 is 0. The average molecular weight is 538 g/mol. The van der Waals surface area contributed by atoms with Gasteiger partial charge in [0.05, 0.1) is 6.04 Å². The second kappa shape index (κ2) is 10.4. The van der Waals surface area contributed by atoms with E-state index in [4.69, 9.17) is 9.72 Å². The molecule has 7 heteroatoms. The molecule has 2 aliphatic rings. The Kier molecular flexibility index (Phi) is 6.87. The van der Waals surface area contributed by atoms with Crippen LogP contribution in [0.1, 0.15) is 73.2 Å². The van der Waals surface area contributed by atoms with Gasteiger partial charge >= 0.3 is 6.09 Å². The van der Waals surface area contributed by atoms with Crippen molar-refractivity contribution < 1.29 is 9.53 Å². The van der Waals surface area contributed by atoms with Crippen LogP contribution in [0.4, 0.5) is 4.79 Å². The van der Waals surface area contributed by atoms with E-state index in [1.165, 1.54) is 27.8 Å². The number of pyridine rings is 2. The van der Waals surface area contributed by atoms with Gasteiger partial charge in [-0.1, -0.05) is 6.07 Å². The summed E-state index contributed by atoms with van der Waals surface area (Å²) in [6.45, 7) is 13.4. The maximum absolute atomic E-state index is 13.3. The Morgan fingerprint density at radius 3 is 2.75 bits per heavy atom. The van der Waals surface area contributed by atoms with Crippen molar-refractivity contribution in [2.45, 2.75) is 78.6 Å². The minimum absolute atomic E-state index is 0.00245. The van der Waals surface area contributed by atoms with Crippen LogP contribution in [0.5, 0.6) is 0 Å². The fourth-order valence-corrected chi connectivity index (χ4v) is 6.24. The van der Waals surface area contributed by atoms with E-state index in [9.17, 15) is 4.79 Å². The summed E-state index contributed by atoms with van der Waals surface area (Å²) in [6.07, 6.45) is 8.53. The summed E-state index contributed by atoms with van der Waals surface area (Å²) in [5.41, 5.74) is 10.1. The number of nitrogens with one attached hydrogen (secondary N) is 1. The number of benzene rings is 1. The van der Waals surface area contributed by atoms with Gasteiger partial charge in [0.25, 0.3) is 0 Å². The summed E-state index contributed by atoms with van der Waals surface area (Å²) in [5.74, 6) is 0. The first-order valence-electron chi connectivity index (χ1n) is 14.4. The quantitative estimate of drug-likeness (QED) is 0.307. The number of aryl methyl sites for hydroxylation is 2. The maximum Gasteiger partial charge on any atom is 0.410 e. The molecule has 1 atom stereocenters. The molecule has 6 rings (SSSR count). The van der Waals surface area contributed by atoms with Gasteiger partial charge < -0.3 is 14.6 Å². The number of fused-ring (bicyclic) bond motifs is 2. The third kappa shape index (κ3) is 5.35. The van der Waals surface area contributed by atoms with Crippen LogP contribution in [-0.2, 0) is 24.2 Å². The molecule has 3 aromatic heterocycles. The van der Waals surface area contributed by atoms with Crippen molar-refractivity contribution in [3.63, 3.8) is 0 Å². The average Bonchev–Trinajstić information content (AvgIpc) is 3.54. The van der Waals surface area contributed by atoms with Gasteiger partial charge in [0.1, 0.15) is 11.2 Å². The first kappa shape index (κ1) is 26.5. The van der Waals surface area contributed by atoms with E-state index in [0.717, 1.165) is 66.8 Å². The molecule has 5 heterocycles. The molecular weight excluding hydrogens is 498 g/mol. The number of hydrogen-bond donors (Lipinski definition) is 1. The summed E-state index contributed by atoms with van der Waals surface area (Å²) in [7, 11) is 0. The second-order valence-electron chi connectivity index (χ2n) is 12.4. The molecule has 1 aromatic carbocycles. The van der Waals surface area contributed by atoms with Crippen molar-refractivity contribution >= 4 is 17.1 Å². The molecule has 1 amide bonds. The van der Waals surface area contributed by atoms with Crippen molar-refractivity contribution in [2.75, 3.05) is 13.1 Å². The number of nitrogens with zero attached hydrogens (tertiary/aromatic N) is 4. The molecule has 1 fully saturated rings. The molecule has 4 aromatic rings. The van der Waals surface area contributed by atoms with Gasteiger partial charge in [-0.05, 0) is 112 Å². The molecular formula is C33H39N5O2. The van der Waals surface area contributed by atoms with Crippen LogP contribution in [0, 0.1) is 13.8 Å². The van der Waals surface area contributed by atoms with E-state index in [-0.39, 0.29) is 12.1 Å². The Morgan fingerprint density at radius 1 is 1.10 bits per heavy atom. The van der Waals surface area contributed by atoms with E-state index in [2.05, 4.69) is 52.1 Å². The minimum Gasteiger partial charge on any atom is -0.444 e. The first-order valence-corrected chi connectivity index (χ1v) is 14.4. The number of aromatic nitrogens is 3. The molecule has 7 nitrogen and oxygen atoms in total. The second-order valence-corrected chi connectivity index (χ2v) is 12.4. The largest absolute Gasteiger partial charge is 0.444 e. The SMILES string of the molecule is Cc1cc(CN2CCc3cc(-c4cnc5[nH]cc(C)c5c4)cc([C@@H]4CCCN4C(=O)OC(C)(C)C)c3C2)ccn1. The highest BCUT2D eigenvalue weighted by Crippen LogP contribution is 2.40. The van der Waals surface area contributed by atoms with Crippen molar-refractivity contribution in [3.05, 3.63) is 82.4 Å². The van der Waals surface area contributed by atoms with Gasteiger partial charge in [-0.2, -0.15) is 0 Å². The zero-order chi connectivity index (χ0) is 28.0. The Hall–Kier alpha value is -3.71. The van der Waals surface area contributed by atoms with Crippen LogP contribution in [0.25, 0.3) is 22.2 Å². The lowest BCUT2D eigenvalue weighted by molar-refractivity contribution is 0.0223. The Bertz CT molecular complexity index is 1570. The fourth-order valence-electron chi connectivity index (χ4n) is 6.24. The molecule has 1 N–H and O–H groups in total. The summed E-state index contributed by atoms with van der Waals surface area (Å²) in [4.78, 5) is 30.1. The number of carbonyl (C=O) groups excluding carboxylic acids is 1. The lowest BCUT2D eigenvalue weighted by Crippen LogP contribution is -2.37. The number of hydrogen-bond acceptors (Lipinski definition) is 5. The van der Waals surface area contributed by atoms with Crippen molar-refractivity contribution in [1.29, 1.82) is 0 Å². The van der Waals surface area contributed by atoms with Crippen LogP contribution in [-0.4, -0.2) is 49.5 Å². The molecule has 1 saturated heterocycles. The van der Waals surface area contributed by atoms with E-state index in [1.54, 1.807) is 0 Å². The van der Waals surface area contributed by atoms with Gasteiger partial charge in [-0.3, -0.25) is 9.88 Å². The number of ether oxygens (including phenoxy) is 1. The molecule has 0 spiro atoms. The Balaban J connectivity index is 1.40. The monoisotopic (exact) mass is 537 g/mol. The third-order valence-corrected chi connectivity index (χ3v) is 8.13. The van der Waals surface area contributed by atoms with Crippen LogP contribution in [0.2, 0.25) is 0 Å². The number of aromatic amines is 1. The molecule has 0 radical (unpaired) electrons. The van der Waals surface area contributed by atoms with Crippen molar-refractivity contribution in [1.82, 2.24) is 24.8 Å². The Labute approximate surface area is 236 Å².